The van der Waals surface area contributed by atoms with Gasteiger partial charge in [-0.1, -0.05) is 11.6 Å². The number of halogens is 1. The summed E-state index contributed by atoms with van der Waals surface area (Å²) in [6.45, 7) is 10.7. The summed E-state index contributed by atoms with van der Waals surface area (Å²) in [4.78, 5) is 70.7. The molecule has 0 bridgehead atoms. The largest absolute Gasteiger partial charge is 0.478 e. The fourth-order valence-electron chi connectivity index (χ4n) is 9.64. The Balaban J connectivity index is 0.771. The molecule has 1 aromatic carbocycles. The smallest absolute Gasteiger partial charge is 0.294 e. The molecule has 5 aromatic rings. The second-order valence-corrected chi connectivity index (χ2v) is 18.1. The first-order valence-corrected chi connectivity index (χ1v) is 22.0. The number of ether oxygens (including phenoxy) is 1. The molecule has 4 aliphatic rings. The van der Waals surface area contributed by atoms with Crippen molar-refractivity contribution in [2.24, 2.45) is 18.4 Å². The van der Waals surface area contributed by atoms with Crippen molar-refractivity contribution in [1.82, 2.24) is 44.8 Å². The van der Waals surface area contributed by atoms with Gasteiger partial charge >= 0.3 is 0 Å². The minimum Gasteiger partial charge on any atom is -0.478 e. The van der Waals surface area contributed by atoms with E-state index in [1.807, 2.05) is 31.6 Å². The fraction of sp³-hybridized carbons (Fsp3) is 0.500. The number of carbonyl (C=O) groups is 3. The van der Waals surface area contributed by atoms with Gasteiger partial charge in [-0.25, -0.2) is 9.97 Å². The number of nitrogens with zero attached hydrogens (tertiary/aromatic N) is 9. The maximum Gasteiger partial charge on any atom is 0.294 e. The Labute approximate surface area is 364 Å². The van der Waals surface area contributed by atoms with Crippen molar-refractivity contribution in [2.45, 2.75) is 64.3 Å². The highest BCUT2D eigenvalue weighted by Gasteiger charge is 2.45. The topological polar surface area (TPSA) is 185 Å². The number of nitrogens with one attached hydrogen (secondary N) is 3. The highest BCUT2D eigenvalue weighted by atomic mass is 35.5. The van der Waals surface area contributed by atoms with Gasteiger partial charge in [0.2, 0.25) is 17.8 Å². The standard InChI is InChI=1S/C44H53ClN12O5/c1-26(2)57-40-28(18-35(42(57)61)62-23-37(59)46-3)17-29(20-47-40)49-39-33(45)21-48-43(51-39)55-13-9-27(10-14-55)22-54-15-11-44(12-16-54)24-56(25-44)30-5-6-31-34(19-30)53(4)52-38(31)32-7-8-36(58)50-41(32)60/h5-6,17-21,26-27,32H,7-16,22-25H2,1-4H3,(H,46,59)(H,48,49,51)(H,50,58,60). The van der Waals surface area contributed by atoms with Gasteiger partial charge in [0.1, 0.15) is 10.7 Å². The predicted molar refractivity (Wildman–Crippen MR) is 237 cm³/mol. The summed E-state index contributed by atoms with van der Waals surface area (Å²) in [6, 6.07) is 9.70. The number of carbonyl (C=O) groups excluding carboxylic acids is 3. The monoisotopic (exact) mass is 864 g/mol. The third-order valence-electron chi connectivity index (χ3n) is 13.2. The second kappa shape index (κ2) is 16.8. The summed E-state index contributed by atoms with van der Waals surface area (Å²) in [6.07, 6.45) is 8.60. The van der Waals surface area contributed by atoms with Crippen LogP contribution in [0.25, 0.3) is 21.9 Å². The Hall–Kier alpha value is -5.81. The minimum absolute atomic E-state index is 0.0659. The lowest BCUT2D eigenvalue weighted by Crippen LogP contribution is -2.60. The molecule has 18 heteroatoms. The van der Waals surface area contributed by atoms with Crippen LogP contribution in [0.5, 0.6) is 5.75 Å². The van der Waals surface area contributed by atoms with Crippen LogP contribution >= 0.6 is 11.6 Å². The van der Waals surface area contributed by atoms with Crippen molar-refractivity contribution in [3.05, 3.63) is 63.8 Å². The molecular weight excluding hydrogens is 812 g/mol. The maximum atomic E-state index is 13.2. The average Bonchev–Trinajstić information content (AvgIpc) is 3.58. The highest BCUT2D eigenvalue weighted by molar-refractivity contribution is 6.33. The van der Waals surface area contributed by atoms with Gasteiger partial charge in [0.25, 0.3) is 11.5 Å². The van der Waals surface area contributed by atoms with Crippen LogP contribution in [0.2, 0.25) is 5.02 Å². The zero-order valence-corrected chi connectivity index (χ0v) is 36.4. The van der Waals surface area contributed by atoms with E-state index in [9.17, 15) is 19.2 Å². The third-order valence-corrected chi connectivity index (χ3v) is 13.4. The highest BCUT2D eigenvalue weighted by Crippen LogP contribution is 2.44. The van der Waals surface area contributed by atoms with Gasteiger partial charge in [-0.3, -0.25) is 33.7 Å². The zero-order valence-electron chi connectivity index (χ0n) is 35.6. The van der Waals surface area contributed by atoms with E-state index in [-0.39, 0.29) is 41.7 Å². The predicted octanol–water partition coefficient (Wildman–Crippen LogP) is 4.51. The van der Waals surface area contributed by atoms with Crippen molar-refractivity contribution in [3.63, 3.8) is 0 Å². The Morgan fingerprint density at radius 2 is 1.77 bits per heavy atom. The zero-order chi connectivity index (χ0) is 43.3. The number of likely N-dealkylation sites (tertiary alicyclic amines) is 1. The number of likely N-dealkylation sites (N-methyl/N-ethyl adjacent to an activating group) is 1. The number of piperidine rings is 3. The molecule has 4 fully saturated rings. The van der Waals surface area contributed by atoms with E-state index in [1.165, 1.54) is 25.6 Å². The Morgan fingerprint density at radius 3 is 2.50 bits per heavy atom. The number of benzene rings is 1. The first-order chi connectivity index (χ1) is 29.9. The van der Waals surface area contributed by atoms with Gasteiger partial charge in [-0.2, -0.15) is 10.1 Å². The van der Waals surface area contributed by atoms with Crippen LogP contribution in [0.1, 0.15) is 70.0 Å². The van der Waals surface area contributed by atoms with Crippen LogP contribution in [0.15, 0.2) is 47.5 Å². The second-order valence-electron chi connectivity index (χ2n) is 17.7. The van der Waals surface area contributed by atoms with Crippen LogP contribution < -0.4 is 36.0 Å². The number of aromatic nitrogens is 6. The molecule has 1 unspecified atom stereocenters. The first kappa shape index (κ1) is 41.5. The van der Waals surface area contributed by atoms with E-state index < -0.39 is 5.92 Å². The molecule has 3 amide bonds. The number of imide groups is 1. The molecule has 1 spiro atoms. The lowest BCUT2D eigenvalue weighted by Gasteiger charge is -2.55. The Morgan fingerprint density at radius 1 is 1.00 bits per heavy atom. The summed E-state index contributed by atoms with van der Waals surface area (Å²) in [5.74, 6) is 0.538. The summed E-state index contributed by atoms with van der Waals surface area (Å²) in [5.41, 5.74) is 4.06. The molecule has 4 aliphatic heterocycles. The Bertz CT molecular complexity index is 2600. The van der Waals surface area contributed by atoms with Gasteiger partial charge in [-0.15, -0.1) is 0 Å². The van der Waals surface area contributed by atoms with Gasteiger partial charge in [0.15, 0.2) is 18.2 Å². The van der Waals surface area contributed by atoms with Gasteiger partial charge in [0.05, 0.1) is 35.2 Å². The van der Waals surface area contributed by atoms with E-state index in [2.05, 4.69) is 58.8 Å². The van der Waals surface area contributed by atoms with Gasteiger partial charge in [-0.05, 0) is 95.3 Å². The lowest BCUT2D eigenvalue weighted by atomic mass is 9.71. The van der Waals surface area contributed by atoms with Crippen LogP contribution in [0.3, 0.4) is 0 Å². The third kappa shape index (κ3) is 8.15. The average molecular weight is 865 g/mol. The maximum absolute atomic E-state index is 13.2. The molecule has 62 heavy (non-hydrogen) atoms. The van der Waals surface area contributed by atoms with Crippen molar-refractivity contribution >= 4 is 74.4 Å². The number of rotatable bonds is 11. The lowest BCUT2D eigenvalue weighted by molar-refractivity contribution is -0.134. The first-order valence-electron chi connectivity index (χ1n) is 21.6. The number of pyridine rings is 2. The molecular formula is C44H53ClN12O5. The molecule has 326 valence electrons. The number of fused-ring (bicyclic) bond motifs is 2. The SMILES string of the molecule is CNC(=O)COc1cc2cc(Nc3nc(N4CCC(CN5CCC6(CC5)CN(c5ccc7c(C8CCC(=O)NC8=O)nn(C)c7c5)C6)CC4)ncc3Cl)cnc2n(C(C)C)c1=O. The summed E-state index contributed by atoms with van der Waals surface area (Å²) >= 11 is 6.61. The molecule has 17 nitrogen and oxygen atoms in total. The van der Waals surface area contributed by atoms with Crippen LogP contribution in [-0.4, -0.2) is 111 Å². The van der Waals surface area contributed by atoms with E-state index in [4.69, 9.17) is 26.4 Å². The fourth-order valence-corrected chi connectivity index (χ4v) is 9.77. The number of hydrogen-bond acceptors (Lipinski definition) is 13. The number of hydrogen-bond donors (Lipinski definition) is 3. The van der Waals surface area contributed by atoms with Crippen molar-refractivity contribution in [2.75, 3.05) is 74.6 Å². The van der Waals surface area contributed by atoms with Gasteiger partial charge < -0.3 is 30.1 Å². The molecule has 3 N–H and O–H groups in total. The van der Waals surface area contributed by atoms with Crippen LogP contribution in [-0.2, 0) is 21.4 Å². The molecule has 4 aromatic heterocycles. The van der Waals surface area contributed by atoms with E-state index in [0.717, 1.165) is 75.3 Å². The van der Waals surface area contributed by atoms with Crippen molar-refractivity contribution in [1.29, 1.82) is 0 Å². The number of amides is 3. The molecule has 4 saturated heterocycles. The quantitative estimate of drug-likeness (QED) is 0.158. The minimum atomic E-state index is -0.403. The molecule has 0 saturated carbocycles. The molecule has 0 radical (unpaired) electrons. The summed E-state index contributed by atoms with van der Waals surface area (Å²) < 4.78 is 9.01. The van der Waals surface area contributed by atoms with Gasteiger partial charge in [0, 0.05) is 81.2 Å². The van der Waals surface area contributed by atoms with Crippen molar-refractivity contribution in [3.8, 4) is 5.75 Å². The molecule has 8 heterocycles. The molecule has 0 aliphatic carbocycles. The van der Waals surface area contributed by atoms with Crippen molar-refractivity contribution < 1.29 is 19.1 Å². The Kier molecular flexibility index (Phi) is 11.3. The summed E-state index contributed by atoms with van der Waals surface area (Å²) in [5, 5.41) is 15.0. The van der Waals surface area contributed by atoms with Crippen LogP contribution in [0.4, 0.5) is 23.1 Å². The summed E-state index contributed by atoms with van der Waals surface area (Å²) in [7, 11) is 3.43. The number of aryl methyl sites for hydroxylation is 1. The number of anilines is 4. The normalized spacial score (nSPS) is 19.6. The molecule has 1 atom stereocenters. The molecule has 9 rings (SSSR count). The van der Waals surface area contributed by atoms with Crippen LogP contribution in [0, 0.1) is 11.3 Å². The van der Waals surface area contributed by atoms with E-state index in [0.29, 0.717) is 57.7 Å². The van der Waals surface area contributed by atoms with E-state index >= 15 is 0 Å². The van der Waals surface area contributed by atoms with E-state index in [1.54, 1.807) is 23.0 Å².